The van der Waals surface area contributed by atoms with Crippen molar-refractivity contribution in [3.05, 3.63) is 35.4 Å². The third kappa shape index (κ3) is 4.63. The number of rotatable bonds is 5. The Balaban J connectivity index is 1.80. The van der Waals surface area contributed by atoms with Crippen LogP contribution in [0, 0.1) is 11.6 Å². The van der Waals surface area contributed by atoms with Crippen LogP contribution in [0.1, 0.15) is 11.7 Å². The standard InChI is InChI=1S/C13H17F2NOS2/c14-9-1-2-12(15)11(5-9)13(17)7-16-6-10-8-18-3-4-19-10/h1-2,5,10,13,16-17H,3-4,6-8H2. The molecule has 1 aliphatic heterocycles. The summed E-state index contributed by atoms with van der Waals surface area (Å²) in [6.45, 7) is 1.02. The van der Waals surface area contributed by atoms with Crippen LogP contribution >= 0.6 is 23.5 Å². The number of aliphatic hydroxyl groups is 1. The van der Waals surface area contributed by atoms with E-state index in [1.54, 1.807) is 0 Å². The minimum absolute atomic E-state index is 0.0122. The lowest BCUT2D eigenvalue weighted by Crippen LogP contribution is -2.32. The maximum atomic E-state index is 13.4. The van der Waals surface area contributed by atoms with E-state index >= 15 is 0 Å². The minimum Gasteiger partial charge on any atom is -0.387 e. The van der Waals surface area contributed by atoms with Crippen molar-refractivity contribution in [3.8, 4) is 0 Å². The lowest BCUT2D eigenvalue weighted by molar-refractivity contribution is 0.170. The van der Waals surface area contributed by atoms with Crippen LogP contribution in [0.4, 0.5) is 8.78 Å². The van der Waals surface area contributed by atoms with Gasteiger partial charge in [-0.2, -0.15) is 23.5 Å². The quantitative estimate of drug-likeness (QED) is 0.875. The maximum absolute atomic E-state index is 13.4. The molecule has 19 heavy (non-hydrogen) atoms. The van der Waals surface area contributed by atoms with E-state index < -0.39 is 17.7 Å². The van der Waals surface area contributed by atoms with Crippen molar-refractivity contribution in [1.29, 1.82) is 0 Å². The first-order valence-electron chi connectivity index (χ1n) is 6.20. The monoisotopic (exact) mass is 305 g/mol. The maximum Gasteiger partial charge on any atom is 0.129 e. The van der Waals surface area contributed by atoms with E-state index in [4.69, 9.17) is 0 Å². The molecule has 1 aromatic rings. The van der Waals surface area contributed by atoms with Crippen molar-refractivity contribution in [2.75, 3.05) is 30.3 Å². The zero-order valence-electron chi connectivity index (χ0n) is 10.4. The molecule has 0 aliphatic carbocycles. The SMILES string of the molecule is OC(CNCC1CSCCS1)c1cc(F)ccc1F. The highest BCUT2D eigenvalue weighted by molar-refractivity contribution is 8.06. The third-order valence-corrected chi connectivity index (χ3v) is 5.76. The highest BCUT2D eigenvalue weighted by Gasteiger charge is 2.16. The summed E-state index contributed by atoms with van der Waals surface area (Å²) in [5.41, 5.74) is 0.0122. The van der Waals surface area contributed by atoms with E-state index in [1.165, 1.54) is 5.75 Å². The second-order valence-electron chi connectivity index (χ2n) is 4.41. The summed E-state index contributed by atoms with van der Waals surface area (Å²) < 4.78 is 26.5. The van der Waals surface area contributed by atoms with Crippen molar-refractivity contribution < 1.29 is 13.9 Å². The second kappa shape index (κ2) is 7.47. The fraction of sp³-hybridized carbons (Fsp3) is 0.538. The number of aliphatic hydroxyl groups excluding tert-OH is 1. The molecule has 0 amide bonds. The predicted molar refractivity (Wildman–Crippen MR) is 77.8 cm³/mol. The molecule has 2 N–H and O–H groups in total. The Bertz CT molecular complexity index is 414. The van der Waals surface area contributed by atoms with Crippen LogP contribution in [0.25, 0.3) is 0 Å². The number of hydrogen-bond acceptors (Lipinski definition) is 4. The van der Waals surface area contributed by atoms with Gasteiger partial charge in [0.15, 0.2) is 0 Å². The molecule has 0 aromatic heterocycles. The molecule has 1 saturated heterocycles. The highest BCUT2D eigenvalue weighted by Crippen LogP contribution is 2.23. The second-order valence-corrected chi connectivity index (χ2v) is 6.97. The average molecular weight is 305 g/mol. The van der Waals surface area contributed by atoms with E-state index in [9.17, 15) is 13.9 Å². The molecule has 6 heteroatoms. The fourth-order valence-corrected chi connectivity index (χ4v) is 4.56. The number of halogens is 2. The van der Waals surface area contributed by atoms with Gasteiger partial charge >= 0.3 is 0 Å². The van der Waals surface area contributed by atoms with Crippen LogP contribution in [0.5, 0.6) is 0 Å². The lowest BCUT2D eigenvalue weighted by Gasteiger charge is -2.22. The number of hydrogen-bond donors (Lipinski definition) is 2. The van der Waals surface area contributed by atoms with Crippen molar-refractivity contribution in [1.82, 2.24) is 5.32 Å². The summed E-state index contributed by atoms with van der Waals surface area (Å²) in [5.74, 6) is 2.34. The zero-order valence-corrected chi connectivity index (χ0v) is 12.1. The predicted octanol–water partition coefficient (Wildman–Crippen LogP) is 2.44. The van der Waals surface area contributed by atoms with Crippen LogP contribution in [0.2, 0.25) is 0 Å². The summed E-state index contributed by atoms with van der Waals surface area (Å²) in [6.07, 6.45) is -1.02. The summed E-state index contributed by atoms with van der Waals surface area (Å²) in [6, 6.07) is 3.14. The van der Waals surface area contributed by atoms with Crippen LogP contribution < -0.4 is 5.32 Å². The van der Waals surface area contributed by atoms with Gasteiger partial charge in [-0.15, -0.1) is 0 Å². The highest BCUT2D eigenvalue weighted by atomic mass is 32.2. The molecule has 2 rings (SSSR count). The zero-order chi connectivity index (χ0) is 13.7. The van der Waals surface area contributed by atoms with E-state index in [2.05, 4.69) is 5.32 Å². The summed E-state index contributed by atoms with van der Waals surface area (Å²) >= 11 is 3.85. The Kier molecular flexibility index (Phi) is 5.94. The van der Waals surface area contributed by atoms with E-state index in [0.29, 0.717) is 5.25 Å². The van der Waals surface area contributed by atoms with Crippen molar-refractivity contribution in [2.24, 2.45) is 0 Å². The van der Waals surface area contributed by atoms with Gasteiger partial charge in [0.2, 0.25) is 0 Å². The van der Waals surface area contributed by atoms with Crippen LogP contribution in [0.3, 0.4) is 0 Å². The van der Waals surface area contributed by atoms with Gasteiger partial charge < -0.3 is 10.4 Å². The van der Waals surface area contributed by atoms with Crippen molar-refractivity contribution in [2.45, 2.75) is 11.4 Å². The Morgan fingerprint density at radius 2 is 2.21 bits per heavy atom. The Morgan fingerprint density at radius 3 is 2.95 bits per heavy atom. The molecule has 0 bridgehead atoms. The molecule has 0 spiro atoms. The summed E-state index contributed by atoms with van der Waals surface area (Å²) in [7, 11) is 0. The van der Waals surface area contributed by atoms with Crippen LogP contribution in [-0.4, -0.2) is 40.7 Å². The Hall–Kier alpha value is -0.300. The van der Waals surface area contributed by atoms with E-state index in [0.717, 1.165) is 36.2 Å². The molecule has 0 radical (unpaired) electrons. The normalized spacial score (nSPS) is 21.3. The first-order chi connectivity index (χ1) is 9.16. The van der Waals surface area contributed by atoms with E-state index in [1.807, 2.05) is 23.5 Å². The summed E-state index contributed by atoms with van der Waals surface area (Å²) in [4.78, 5) is 0. The lowest BCUT2D eigenvalue weighted by atomic mass is 10.1. The number of benzene rings is 1. The molecule has 1 aromatic carbocycles. The molecule has 1 aliphatic rings. The van der Waals surface area contributed by atoms with Gasteiger partial charge in [0.25, 0.3) is 0 Å². The van der Waals surface area contributed by atoms with Crippen molar-refractivity contribution >= 4 is 23.5 Å². The van der Waals surface area contributed by atoms with Gasteiger partial charge in [0, 0.05) is 41.2 Å². The molecule has 2 unspecified atom stereocenters. The van der Waals surface area contributed by atoms with Crippen molar-refractivity contribution in [3.63, 3.8) is 0 Å². The molecule has 1 heterocycles. The molecule has 2 nitrogen and oxygen atoms in total. The third-order valence-electron chi connectivity index (χ3n) is 2.91. The van der Waals surface area contributed by atoms with Gasteiger partial charge in [-0.25, -0.2) is 8.78 Å². The first-order valence-corrected chi connectivity index (χ1v) is 8.40. The average Bonchev–Trinajstić information content (AvgIpc) is 2.42. The number of thioether (sulfide) groups is 2. The first kappa shape index (κ1) is 15.1. The van der Waals surface area contributed by atoms with Gasteiger partial charge in [-0.1, -0.05) is 0 Å². The van der Waals surface area contributed by atoms with Gasteiger partial charge in [-0.05, 0) is 18.2 Å². The van der Waals surface area contributed by atoms with Crippen LogP contribution in [-0.2, 0) is 0 Å². The molecule has 106 valence electrons. The largest absolute Gasteiger partial charge is 0.387 e. The fourth-order valence-electron chi connectivity index (χ4n) is 1.92. The Labute approximate surface area is 120 Å². The molecular weight excluding hydrogens is 288 g/mol. The van der Waals surface area contributed by atoms with Gasteiger partial charge in [-0.3, -0.25) is 0 Å². The minimum atomic E-state index is -1.02. The van der Waals surface area contributed by atoms with E-state index in [-0.39, 0.29) is 12.1 Å². The van der Waals surface area contributed by atoms with Gasteiger partial charge in [0.05, 0.1) is 6.10 Å². The smallest absolute Gasteiger partial charge is 0.129 e. The molecule has 1 fully saturated rings. The molecule has 0 saturated carbocycles. The summed E-state index contributed by atoms with van der Waals surface area (Å²) in [5, 5.41) is 13.5. The molecule has 2 atom stereocenters. The topological polar surface area (TPSA) is 32.3 Å². The Morgan fingerprint density at radius 1 is 1.37 bits per heavy atom. The van der Waals surface area contributed by atoms with Gasteiger partial charge in [0.1, 0.15) is 11.6 Å². The van der Waals surface area contributed by atoms with Crippen LogP contribution in [0.15, 0.2) is 18.2 Å². The number of nitrogens with one attached hydrogen (secondary N) is 1. The molecular formula is C13H17F2NOS2.